The van der Waals surface area contributed by atoms with Gasteiger partial charge in [0.2, 0.25) is 0 Å². The van der Waals surface area contributed by atoms with Crippen LogP contribution in [-0.4, -0.2) is 19.4 Å². The SMILES string of the molecule is COC(=O)C(N)c1ccc(OC(F)(F)F)cc1.Cl. The Hall–Kier alpha value is -1.47. The summed E-state index contributed by atoms with van der Waals surface area (Å²) in [6.45, 7) is 0. The van der Waals surface area contributed by atoms with E-state index in [1.54, 1.807) is 0 Å². The zero-order valence-electron chi connectivity index (χ0n) is 9.23. The van der Waals surface area contributed by atoms with E-state index >= 15 is 0 Å². The first kappa shape index (κ1) is 16.5. The molecule has 8 heteroatoms. The summed E-state index contributed by atoms with van der Waals surface area (Å²) < 4.78 is 43.7. The summed E-state index contributed by atoms with van der Waals surface area (Å²) in [6.07, 6.45) is -4.74. The molecule has 1 atom stereocenters. The van der Waals surface area contributed by atoms with Gasteiger partial charge in [-0.1, -0.05) is 12.1 Å². The molecule has 0 radical (unpaired) electrons. The van der Waals surface area contributed by atoms with Crippen LogP contribution in [0.5, 0.6) is 5.75 Å². The molecular formula is C10H11ClF3NO3. The monoisotopic (exact) mass is 285 g/mol. The van der Waals surface area contributed by atoms with Gasteiger partial charge in [0.25, 0.3) is 0 Å². The van der Waals surface area contributed by atoms with E-state index in [9.17, 15) is 18.0 Å². The maximum absolute atomic E-state index is 11.9. The first-order valence-electron chi connectivity index (χ1n) is 4.52. The van der Waals surface area contributed by atoms with Crippen LogP contribution in [0.4, 0.5) is 13.2 Å². The van der Waals surface area contributed by atoms with Crippen molar-refractivity contribution in [3.05, 3.63) is 29.8 Å². The number of ether oxygens (including phenoxy) is 2. The van der Waals surface area contributed by atoms with Gasteiger partial charge in [-0.2, -0.15) is 0 Å². The van der Waals surface area contributed by atoms with Crippen LogP contribution in [0.15, 0.2) is 24.3 Å². The van der Waals surface area contributed by atoms with Gasteiger partial charge in [0.15, 0.2) is 0 Å². The van der Waals surface area contributed by atoms with Gasteiger partial charge < -0.3 is 15.2 Å². The Morgan fingerprint density at radius 1 is 1.28 bits per heavy atom. The molecular weight excluding hydrogens is 275 g/mol. The molecule has 4 nitrogen and oxygen atoms in total. The summed E-state index contributed by atoms with van der Waals surface area (Å²) in [5.41, 5.74) is 5.83. The van der Waals surface area contributed by atoms with Crippen molar-refractivity contribution in [3.63, 3.8) is 0 Å². The molecule has 0 amide bonds. The molecule has 1 rings (SSSR count). The Kier molecular flexibility index (Phi) is 5.93. The molecule has 0 aromatic heterocycles. The maximum Gasteiger partial charge on any atom is 0.573 e. The third kappa shape index (κ3) is 4.80. The second-order valence-electron chi connectivity index (χ2n) is 3.12. The van der Waals surface area contributed by atoms with Gasteiger partial charge in [0.05, 0.1) is 7.11 Å². The molecule has 0 bridgehead atoms. The average Bonchev–Trinajstić information content (AvgIpc) is 2.26. The first-order chi connectivity index (χ1) is 7.83. The first-order valence-corrected chi connectivity index (χ1v) is 4.52. The van der Waals surface area contributed by atoms with Crippen molar-refractivity contribution >= 4 is 18.4 Å². The number of carbonyl (C=O) groups is 1. The summed E-state index contributed by atoms with van der Waals surface area (Å²) in [4.78, 5) is 11.1. The Morgan fingerprint density at radius 3 is 2.17 bits per heavy atom. The zero-order chi connectivity index (χ0) is 13.1. The van der Waals surface area contributed by atoms with E-state index in [1.165, 1.54) is 19.2 Å². The summed E-state index contributed by atoms with van der Waals surface area (Å²) in [5.74, 6) is -1.05. The lowest BCUT2D eigenvalue weighted by Crippen LogP contribution is -2.22. The van der Waals surface area contributed by atoms with E-state index in [0.717, 1.165) is 12.1 Å². The fraction of sp³-hybridized carbons (Fsp3) is 0.300. The average molecular weight is 286 g/mol. The van der Waals surface area contributed by atoms with Crippen LogP contribution in [0.1, 0.15) is 11.6 Å². The van der Waals surface area contributed by atoms with Crippen LogP contribution < -0.4 is 10.5 Å². The Labute approximate surface area is 107 Å². The fourth-order valence-electron chi connectivity index (χ4n) is 1.14. The second-order valence-corrected chi connectivity index (χ2v) is 3.12. The standard InChI is InChI=1S/C10H10F3NO3.ClH/c1-16-9(15)8(14)6-2-4-7(5-3-6)17-10(11,12)13;/h2-5,8H,14H2,1H3;1H. The van der Waals surface area contributed by atoms with E-state index in [1.807, 2.05) is 0 Å². The van der Waals surface area contributed by atoms with Crippen LogP contribution in [0.25, 0.3) is 0 Å². The second kappa shape index (κ2) is 6.46. The number of methoxy groups -OCH3 is 1. The van der Waals surface area contributed by atoms with E-state index < -0.39 is 18.4 Å². The number of hydrogen-bond acceptors (Lipinski definition) is 4. The molecule has 1 unspecified atom stereocenters. The minimum atomic E-state index is -4.74. The number of carbonyl (C=O) groups excluding carboxylic acids is 1. The number of nitrogens with two attached hydrogens (primary N) is 1. The summed E-state index contributed by atoms with van der Waals surface area (Å²) in [6, 6.07) is 3.66. The van der Waals surface area contributed by atoms with Crippen molar-refractivity contribution in [2.45, 2.75) is 12.4 Å². The van der Waals surface area contributed by atoms with Crippen LogP contribution >= 0.6 is 12.4 Å². The number of benzene rings is 1. The van der Waals surface area contributed by atoms with Gasteiger partial charge in [-0.15, -0.1) is 25.6 Å². The van der Waals surface area contributed by atoms with Gasteiger partial charge in [-0.25, -0.2) is 0 Å². The van der Waals surface area contributed by atoms with Gasteiger partial charge in [-0.05, 0) is 17.7 Å². The normalized spacial score (nSPS) is 12.3. The molecule has 0 saturated carbocycles. The highest BCUT2D eigenvalue weighted by atomic mass is 35.5. The lowest BCUT2D eigenvalue weighted by atomic mass is 10.1. The predicted molar refractivity (Wildman–Crippen MR) is 59.3 cm³/mol. The van der Waals surface area contributed by atoms with Crippen LogP contribution in [0.3, 0.4) is 0 Å². The molecule has 2 N–H and O–H groups in total. The zero-order valence-corrected chi connectivity index (χ0v) is 10.0. The van der Waals surface area contributed by atoms with Crippen molar-refractivity contribution in [3.8, 4) is 5.75 Å². The molecule has 18 heavy (non-hydrogen) atoms. The van der Waals surface area contributed by atoms with Gasteiger partial charge in [-0.3, -0.25) is 4.79 Å². The Bertz CT molecular complexity index is 394. The third-order valence-corrected chi connectivity index (χ3v) is 1.93. The molecule has 0 aliphatic heterocycles. The Morgan fingerprint density at radius 2 is 1.78 bits per heavy atom. The Balaban J connectivity index is 0.00000289. The summed E-state index contributed by atoms with van der Waals surface area (Å²) in [5, 5.41) is 0. The van der Waals surface area contributed by atoms with Gasteiger partial charge in [0.1, 0.15) is 11.8 Å². The molecule has 0 aliphatic carbocycles. The highest BCUT2D eigenvalue weighted by Gasteiger charge is 2.31. The van der Waals surface area contributed by atoms with E-state index in [2.05, 4.69) is 9.47 Å². The molecule has 1 aromatic rings. The lowest BCUT2D eigenvalue weighted by molar-refractivity contribution is -0.274. The quantitative estimate of drug-likeness (QED) is 0.865. The fourth-order valence-corrected chi connectivity index (χ4v) is 1.14. The summed E-state index contributed by atoms with van der Waals surface area (Å²) in [7, 11) is 1.17. The van der Waals surface area contributed by atoms with Crippen LogP contribution in [0.2, 0.25) is 0 Å². The molecule has 0 aliphatic rings. The lowest BCUT2D eigenvalue weighted by Gasteiger charge is -2.11. The van der Waals surface area contributed by atoms with Crippen LogP contribution in [0, 0.1) is 0 Å². The van der Waals surface area contributed by atoms with Crippen LogP contribution in [-0.2, 0) is 9.53 Å². The van der Waals surface area contributed by atoms with E-state index in [0.29, 0.717) is 5.56 Å². The maximum atomic E-state index is 11.9. The number of alkyl halides is 3. The van der Waals surface area contributed by atoms with Gasteiger partial charge >= 0.3 is 12.3 Å². The van der Waals surface area contributed by atoms with Crippen molar-refractivity contribution in [1.29, 1.82) is 0 Å². The highest BCUT2D eigenvalue weighted by Crippen LogP contribution is 2.24. The van der Waals surface area contributed by atoms with E-state index in [-0.39, 0.29) is 18.2 Å². The largest absolute Gasteiger partial charge is 0.573 e. The smallest absolute Gasteiger partial charge is 0.468 e. The number of hydrogen-bond donors (Lipinski definition) is 1. The van der Waals surface area contributed by atoms with Crippen molar-refractivity contribution < 1.29 is 27.4 Å². The predicted octanol–water partition coefficient (Wildman–Crippen LogP) is 2.18. The number of halogens is 4. The molecule has 0 heterocycles. The van der Waals surface area contributed by atoms with Gasteiger partial charge in [0, 0.05) is 0 Å². The third-order valence-electron chi connectivity index (χ3n) is 1.93. The molecule has 0 fully saturated rings. The summed E-state index contributed by atoms with van der Waals surface area (Å²) >= 11 is 0. The van der Waals surface area contributed by atoms with Crippen molar-refractivity contribution in [1.82, 2.24) is 0 Å². The minimum Gasteiger partial charge on any atom is -0.468 e. The minimum absolute atomic E-state index is 0. The van der Waals surface area contributed by atoms with Crippen molar-refractivity contribution in [2.75, 3.05) is 7.11 Å². The molecule has 0 saturated heterocycles. The molecule has 1 aromatic carbocycles. The molecule has 0 spiro atoms. The van der Waals surface area contributed by atoms with E-state index in [4.69, 9.17) is 5.73 Å². The number of rotatable bonds is 3. The van der Waals surface area contributed by atoms with Crippen molar-refractivity contribution in [2.24, 2.45) is 5.73 Å². The highest BCUT2D eigenvalue weighted by molar-refractivity contribution is 5.85. The topological polar surface area (TPSA) is 61.5 Å². The number of esters is 1. The molecule has 102 valence electrons.